The van der Waals surface area contributed by atoms with Crippen molar-refractivity contribution in [3.05, 3.63) is 0 Å². The second kappa shape index (κ2) is 9.73. The van der Waals surface area contributed by atoms with Crippen LogP contribution >= 0.6 is 0 Å². The molecule has 0 radical (unpaired) electrons. The standard InChI is InChI=1S/C3H6O2.BH3.Na/c1-2-3(4)5;;/h2H2,1H3,(H,4,5);1H3;/q;;+1/p-1. The van der Waals surface area contributed by atoms with Gasteiger partial charge < -0.3 is 9.90 Å². The monoisotopic (exact) mass is 110 g/mol. The van der Waals surface area contributed by atoms with Crippen LogP contribution in [0.15, 0.2) is 0 Å². The van der Waals surface area contributed by atoms with Crippen LogP contribution in [0.3, 0.4) is 0 Å². The van der Waals surface area contributed by atoms with E-state index in [-0.39, 0.29) is 44.4 Å². The summed E-state index contributed by atoms with van der Waals surface area (Å²) in [5.74, 6) is -0.995. The Hall–Kier alpha value is 0.535. The van der Waals surface area contributed by atoms with Crippen LogP contribution in [-0.2, 0) is 4.79 Å². The molecule has 2 nitrogen and oxygen atoms in total. The second-order valence-electron chi connectivity index (χ2n) is 0.726. The van der Waals surface area contributed by atoms with Gasteiger partial charge in [0, 0.05) is 5.97 Å². The fourth-order valence-electron chi connectivity index (χ4n) is 0. The quantitative estimate of drug-likeness (QED) is 0.317. The van der Waals surface area contributed by atoms with Gasteiger partial charge in [-0.1, -0.05) is 6.92 Å². The number of hydrogen-bond donors (Lipinski definition) is 0. The molecule has 7 heavy (non-hydrogen) atoms. The molecule has 0 amide bonds. The summed E-state index contributed by atoms with van der Waals surface area (Å²) in [6.45, 7) is 1.54. The summed E-state index contributed by atoms with van der Waals surface area (Å²) in [6.07, 6.45) is 0.111. The van der Waals surface area contributed by atoms with Crippen LogP contribution in [-0.4, -0.2) is 14.4 Å². The Kier molecular flexibility index (Phi) is 21.8. The Bertz CT molecular complexity index is 48.2. The molecule has 0 saturated heterocycles. The Morgan fingerprint density at radius 2 is 1.86 bits per heavy atom. The summed E-state index contributed by atoms with van der Waals surface area (Å²) in [4.78, 5) is 9.26. The van der Waals surface area contributed by atoms with Crippen LogP contribution in [0.5, 0.6) is 0 Å². The third kappa shape index (κ3) is 20.9. The van der Waals surface area contributed by atoms with Crippen molar-refractivity contribution in [3.63, 3.8) is 0 Å². The first-order chi connectivity index (χ1) is 2.27. The maximum absolute atomic E-state index is 9.26. The van der Waals surface area contributed by atoms with Crippen molar-refractivity contribution in [2.75, 3.05) is 0 Å². The van der Waals surface area contributed by atoms with Gasteiger partial charge in [0.2, 0.25) is 0 Å². The Labute approximate surface area is 67.2 Å². The Balaban J connectivity index is -0.0000000800. The summed E-state index contributed by atoms with van der Waals surface area (Å²) in [7, 11) is 0. The molecule has 0 aliphatic rings. The van der Waals surface area contributed by atoms with E-state index in [0.717, 1.165) is 0 Å². The zero-order chi connectivity index (χ0) is 4.28. The van der Waals surface area contributed by atoms with Gasteiger partial charge in [0.1, 0.15) is 0 Å². The van der Waals surface area contributed by atoms with Gasteiger partial charge in [-0.2, -0.15) is 0 Å². The van der Waals surface area contributed by atoms with E-state index in [4.69, 9.17) is 0 Å². The SMILES string of the molecule is B.CCC(=O)[O-].[Na+]. The molecule has 0 saturated carbocycles. The molecular weight excluding hydrogens is 102 g/mol. The average Bonchev–Trinajstić information content (AvgIpc) is 1.38. The van der Waals surface area contributed by atoms with Gasteiger partial charge in [-0.25, -0.2) is 0 Å². The molecule has 0 rings (SSSR count). The van der Waals surface area contributed by atoms with Gasteiger partial charge in [0.05, 0.1) is 8.41 Å². The van der Waals surface area contributed by atoms with Crippen LogP contribution in [0, 0.1) is 0 Å². The van der Waals surface area contributed by atoms with Gasteiger partial charge in [0.15, 0.2) is 0 Å². The van der Waals surface area contributed by atoms with Crippen LogP contribution in [0.25, 0.3) is 0 Å². The van der Waals surface area contributed by atoms with Crippen molar-refractivity contribution in [3.8, 4) is 0 Å². The molecule has 0 heterocycles. The van der Waals surface area contributed by atoms with Crippen molar-refractivity contribution in [1.82, 2.24) is 0 Å². The summed E-state index contributed by atoms with van der Waals surface area (Å²) in [5, 5.41) is 9.26. The van der Waals surface area contributed by atoms with Gasteiger partial charge in [-0.3, -0.25) is 0 Å². The summed E-state index contributed by atoms with van der Waals surface area (Å²) < 4.78 is 0. The normalized spacial score (nSPS) is 5.29. The molecule has 0 aromatic rings. The third-order valence-corrected chi connectivity index (χ3v) is 0.289. The average molecular weight is 110 g/mol. The number of carboxylic acid groups (broad SMARTS) is 1. The molecule has 0 aromatic heterocycles. The molecule has 0 fully saturated rings. The first kappa shape index (κ1) is 15.6. The first-order valence-corrected chi connectivity index (χ1v) is 1.47. The Morgan fingerprint density at radius 3 is 1.86 bits per heavy atom. The third-order valence-electron chi connectivity index (χ3n) is 0.289. The molecule has 0 aromatic carbocycles. The molecule has 4 heteroatoms. The van der Waals surface area contributed by atoms with Crippen LogP contribution in [0.2, 0.25) is 0 Å². The minimum Gasteiger partial charge on any atom is -0.550 e. The number of carbonyl (C=O) groups excluding carboxylic acids is 1. The zero-order valence-corrected chi connectivity index (χ0v) is 6.02. The van der Waals surface area contributed by atoms with Crippen LogP contribution in [0.1, 0.15) is 13.3 Å². The van der Waals surface area contributed by atoms with Crippen molar-refractivity contribution in [2.24, 2.45) is 0 Å². The van der Waals surface area contributed by atoms with Gasteiger partial charge in [0.25, 0.3) is 0 Å². The first-order valence-electron chi connectivity index (χ1n) is 1.47. The van der Waals surface area contributed by atoms with E-state index in [1.165, 1.54) is 6.92 Å². The van der Waals surface area contributed by atoms with Crippen molar-refractivity contribution < 1.29 is 39.5 Å². The second-order valence-corrected chi connectivity index (χ2v) is 0.726. The summed E-state index contributed by atoms with van der Waals surface area (Å²) in [6, 6.07) is 0. The van der Waals surface area contributed by atoms with Crippen molar-refractivity contribution in [1.29, 1.82) is 0 Å². The zero-order valence-electron chi connectivity index (χ0n) is 4.02. The molecule has 0 unspecified atom stereocenters. The number of aliphatic carboxylic acids is 1. The summed E-state index contributed by atoms with van der Waals surface area (Å²) >= 11 is 0. The molecule has 0 bridgehead atoms. The number of rotatable bonds is 1. The van der Waals surface area contributed by atoms with Gasteiger partial charge >= 0.3 is 29.6 Å². The maximum Gasteiger partial charge on any atom is 1.00 e. The van der Waals surface area contributed by atoms with E-state index < -0.39 is 5.97 Å². The van der Waals surface area contributed by atoms with Crippen LogP contribution in [0.4, 0.5) is 0 Å². The van der Waals surface area contributed by atoms with E-state index >= 15 is 0 Å². The minimum absolute atomic E-state index is 0. The fourth-order valence-corrected chi connectivity index (χ4v) is 0. The topological polar surface area (TPSA) is 40.1 Å². The number of hydrogen-bond acceptors (Lipinski definition) is 2. The van der Waals surface area contributed by atoms with Crippen LogP contribution < -0.4 is 34.7 Å². The summed E-state index contributed by atoms with van der Waals surface area (Å²) in [5.41, 5.74) is 0. The van der Waals surface area contributed by atoms with Gasteiger partial charge in [-0.05, 0) is 6.42 Å². The van der Waals surface area contributed by atoms with E-state index in [2.05, 4.69) is 0 Å². The predicted octanol–water partition coefficient (Wildman–Crippen LogP) is -5.03. The molecule has 0 aliphatic heterocycles. The molecule has 0 N–H and O–H groups in total. The van der Waals surface area contributed by atoms with Crippen molar-refractivity contribution in [2.45, 2.75) is 13.3 Å². The van der Waals surface area contributed by atoms with Gasteiger partial charge in [-0.15, -0.1) is 0 Å². The molecule has 36 valence electrons. The van der Waals surface area contributed by atoms with E-state index in [9.17, 15) is 9.90 Å². The molecule has 0 atom stereocenters. The number of carboxylic acids is 1. The van der Waals surface area contributed by atoms with E-state index in [1.807, 2.05) is 0 Å². The molecule has 0 aliphatic carbocycles. The van der Waals surface area contributed by atoms with E-state index in [0.29, 0.717) is 0 Å². The smallest absolute Gasteiger partial charge is 0.550 e. The fraction of sp³-hybridized carbons (Fsp3) is 0.667. The maximum atomic E-state index is 9.26. The molecule has 0 spiro atoms. The predicted molar refractivity (Wildman–Crippen MR) is 25.2 cm³/mol. The minimum atomic E-state index is -0.995. The Morgan fingerprint density at radius 1 is 1.71 bits per heavy atom. The van der Waals surface area contributed by atoms with E-state index in [1.54, 1.807) is 0 Å². The molecular formula is C3H8BNaO2. The largest absolute Gasteiger partial charge is 1.00 e. The number of carbonyl (C=O) groups is 1. The van der Waals surface area contributed by atoms with Crippen molar-refractivity contribution >= 4 is 14.4 Å².